The SMILES string of the molecule is C[C@H]1CCCC[C@@H]1NC(=O)CSc1nnc(COc2ccccc2)n1-c1ccccc1. The molecule has 0 saturated heterocycles. The highest BCUT2D eigenvalue weighted by Crippen LogP contribution is 2.25. The summed E-state index contributed by atoms with van der Waals surface area (Å²) in [4.78, 5) is 12.6. The molecule has 0 radical (unpaired) electrons. The van der Waals surface area contributed by atoms with Crippen LogP contribution in [0, 0.1) is 5.92 Å². The van der Waals surface area contributed by atoms with Crippen molar-refractivity contribution < 1.29 is 9.53 Å². The zero-order valence-electron chi connectivity index (χ0n) is 17.7. The third-order valence-corrected chi connectivity index (χ3v) is 6.55. The van der Waals surface area contributed by atoms with E-state index in [4.69, 9.17) is 4.74 Å². The number of nitrogens with one attached hydrogen (secondary N) is 1. The number of aromatic nitrogens is 3. The van der Waals surface area contributed by atoms with Crippen LogP contribution in [0.25, 0.3) is 5.69 Å². The average molecular weight is 437 g/mol. The molecule has 1 fully saturated rings. The fourth-order valence-electron chi connectivity index (χ4n) is 3.90. The second-order valence-electron chi connectivity index (χ2n) is 7.90. The van der Waals surface area contributed by atoms with Gasteiger partial charge in [0.15, 0.2) is 11.0 Å². The van der Waals surface area contributed by atoms with Crippen molar-refractivity contribution in [3.05, 3.63) is 66.5 Å². The minimum atomic E-state index is 0.0495. The summed E-state index contributed by atoms with van der Waals surface area (Å²) in [6.45, 7) is 2.51. The number of rotatable bonds is 8. The van der Waals surface area contributed by atoms with Gasteiger partial charge < -0.3 is 10.1 Å². The van der Waals surface area contributed by atoms with Crippen molar-refractivity contribution in [2.75, 3.05) is 5.75 Å². The molecule has 2 atom stereocenters. The van der Waals surface area contributed by atoms with E-state index in [1.807, 2.05) is 65.2 Å². The van der Waals surface area contributed by atoms with E-state index < -0.39 is 0 Å². The fourth-order valence-corrected chi connectivity index (χ4v) is 4.68. The van der Waals surface area contributed by atoms with Gasteiger partial charge in [-0.15, -0.1) is 10.2 Å². The molecule has 1 N–H and O–H groups in total. The van der Waals surface area contributed by atoms with E-state index in [1.54, 1.807) is 0 Å². The lowest BCUT2D eigenvalue weighted by Crippen LogP contribution is -2.41. The number of nitrogens with zero attached hydrogens (tertiary/aromatic N) is 3. The highest BCUT2D eigenvalue weighted by Gasteiger charge is 2.23. The van der Waals surface area contributed by atoms with Crippen LogP contribution in [0.15, 0.2) is 65.8 Å². The first-order chi connectivity index (χ1) is 15.2. The molecule has 1 saturated carbocycles. The Bertz CT molecular complexity index is 978. The summed E-state index contributed by atoms with van der Waals surface area (Å²) in [5.41, 5.74) is 0.947. The first-order valence-corrected chi connectivity index (χ1v) is 11.8. The van der Waals surface area contributed by atoms with Gasteiger partial charge in [0.2, 0.25) is 5.91 Å². The molecule has 1 amide bonds. The summed E-state index contributed by atoms with van der Waals surface area (Å²) in [5.74, 6) is 2.37. The molecule has 6 nitrogen and oxygen atoms in total. The maximum absolute atomic E-state index is 12.6. The Labute approximate surface area is 187 Å². The highest BCUT2D eigenvalue weighted by molar-refractivity contribution is 7.99. The van der Waals surface area contributed by atoms with E-state index in [0.29, 0.717) is 22.7 Å². The monoisotopic (exact) mass is 436 g/mol. The summed E-state index contributed by atoms with van der Waals surface area (Å²) in [7, 11) is 0. The number of thioether (sulfide) groups is 1. The lowest BCUT2D eigenvalue weighted by molar-refractivity contribution is -0.119. The molecule has 162 valence electrons. The van der Waals surface area contributed by atoms with Crippen LogP contribution in [0.2, 0.25) is 0 Å². The maximum atomic E-state index is 12.6. The Morgan fingerprint density at radius 2 is 1.77 bits per heavy atom. The van der Waals surface area contributed by atoms with Gasteiger partial charge >= 0.3 is 0 Å². The predicted molar refractivity (Wildman–Crippen MR) is 122 cm³/mol. The third-order valence-electron chi connectivity index (χ3n) is 5.62. The first kappa shape index (κ1) is 21.4. The topological polar surface area (TPSA) is 69.0 Å². The summed E-state index contributed by atoms with van der Waals surface area (Å²) < 4.78 is 7.86. The van der Waals surface area contributed by atoms with E-state index in [9.17, 15) is 4.79 Å². The molecule has 3 aromatic rings. The summed E-state index contributed by atoms with van der Waals surface area (Å²) in [6.07, 6.45) is 4.70. The lowest BCUT2D eigenvalue weighted by Gasteiger charge is -2.29. The molecule has 1 aliphatic carbocycles. The van der Waals surface area contributed by atoms with Crippen molar-refractivity contribution in [1.29, 1.82) is 0 Å². The van der Waals surface area contributed by atoms with Crippen LogP contribution in [0.3, 0.4) is 0 Å². The highest BCUT2D eigenvalue weighted by atomic mass is 32.2. The number of ether oxygens (including phenoxy) is 1. The van der Waals surface area contributed by atoms with Crippen molar-refractivity contribution in [3.63, 3.8) is 0 Å². The molecule has 1 heterocycles. The number of hydrogen-bond acceptors (Lipinski definition) is 5. The second kappa shape index (κ2) is 10.5. The van der Waals surface area contributed by atoms with Crippen LogP contribution >= 0.6 is 11.8 Å². The molecular formula is C24H28N4O2S. The Balaban J connectivity index is 1.45. The van der Waals surface area contributed by atoms with Gasteiger partial charge in [-0.1, -0.05) is 67.9 Å². The third kappa shape index (κ3) is 5.67. The molecule has 0 unspecified atom stereocenters. The minimum absolute atomic E-state index is 0.0495. The van der Waals surface area contributed by atoms with E-state index in [2.05, 4.69) is 22.4 Å². The standard InChI is InChI=1S/C24H28N4O2S/c1-18-10-8-9-15-21(18)25-23(29)17-31-24-27-26-22(16-30-20-13-6-3-7-14-20)28(24)19-11-4-2-5-12-19/h2-7,11-14,18,21H,8-10,15-17H2,1H3,(H,25,29)/t18-,21-/m0/s1. The number of amides is 1. The van der Waals surface area contributed by atoms with Crippen molar-refractivity contribution in [2.45, 2.75) is 50.4 Å². The van der Waals surface area contributed by atoms with Gasteiger partial charge in [-0.05, 0) is 43.0 Å². The molecule has 0 aliphatic heterocycles. The number of carbonyl (C=O) groups excluding carboxylic acids is 1. The van der Waals surface area contributed by atoms with E-state index in [0.717, 1.165) is 17.9 Å². The van der Waals surface area contributed by atoms with Crippen LogP contribution in [0.1, 0.15) is 38.4 Å². The summed E-state index contributed by atoms with van der Waals surface area (Å²) in [5, 5.41) is 12.6. The predicted octanol–water partition coefficient (Wildman–Crippen LogP) is 4.63. The van der Waals surface area contributed by atoms with Crippen molar-refractivity contribution in [2.24, 2.45) is 5.92 Å². The minimum Gasteiger partial charge on any atom is -0.486 e. The second-order valence-corrected chi connectivity index (χ2v) is 8.84. The van der Waals surface area contributed by atoms with Gasteiger partial charge in [-0.2, -0.15) is 0 Å². The van der Waals surface area contributed by atoms with Gasteiger partial charge in [0.1, 0.15) is 12.4 Å². The van der Waals surface area contributed by atoms with E-state index in [-0.39, 0.29) is 18.6 Å². The molecule has 1 aliphatic rings. The molecular weight excluding hydrogens is 408 g/mol. The van der Waals surface area contributed by atoms with Crippen LogP contribution in [-0.2, 0) is 11.4 Å². The molecule has 31 heavy (non-hydrogen) atoms. The van der Waals surface area contributed by atoms with Gasteiger partial charge in [0.05, 0.1) is 5.75 Å². The van der Waals surface area contributed by atoms with Crippen LogP contribution in [0.5, 0.6) is 5.75 Å². The van der Waals surface area contributed by atoms with E-state index >= 15 is 0 Å². The van der Waals surface area contributed by atoms with Gasteiger partial charge in [-0.3, -0.25) is 9.36 Å². The van der Waals surface area contributed by atoms with Gasteiger partial charge in [0, 0.05) is 11.7 Å². The number of hydrogen-bond donors (Lipinski definition) is 1. The fraction of sp³-hybridized carbons (Fsp3) is 0.375. The van der Waals surface area contributed by atoms with Crippen molar-refractivity contribution in [1.82, 2.24) is 20.1 Å². The lowest BCUT2D eigenvalue weighted by atomic mass is 9.86. The Morgan fingerprint density at radius 1 is 1.06 bits per heavy atom. The van der Waals surface area contributed by atoms with Gasteiger partial charge in [-0.25, -0.2) is 0 Å². The molecule has 1 aromatic heterocycles. The zero-order chi connectivity index (χ0) is 21.5. The first-order valence-electron chi connectivity index (χ1n) is 10.8. The summed E-state index contributed by atoms with van der Waals surface area (Å²) in [6, 6.07) is 19.9. The molecule has 2 aromatic carbocycles. The summed E-state index contributed by atoms with van der Waals surface area (Å²) >= 11 is 1.40. The van der Waals surface area contributed by atoms with Crippen LogP contribution < -0.4 is 10.1 Å². The van der Waals surface area contributed by atoms with Gasteiger partial charge in [0.25, 0.3) is 0 Å². The number of benzene rings is 2. The number of para-hydroxylation sites is 2. The maximum Gasteiger partial charge on any atom is 0.230 e. The molecule has 7 heteroatoms. The zero-order valence-corrected chi connectivity index (χ0v) is 18.6. The van der Waals surface area contributed by atoms with Crippen molar-refractivity contribution >= 4 is 17.7 Å². The largest absolute Gasteiger partial charge is 0.486 e. The smallest absolute Gasteiger partial charge is 0.230 e. The Hall–Kier alpha value is -2.80. The normalized spacial score (nSPS) is 18.5. The molecule has 0 spiro atoms. The Morgan fingerprint density at radius 3 is 2.52 bits per heavy atom. The molecule has 0 bridgehead atoms. The van der Waals surface area contributed by atoms with Crippen molar-refractivity contribution in [3.8, 4) is 11.4 Å². The Kier molecular flexibility index (Phi) is 7.25. The number of carbonyl (C=O) groups is 1. The van der Waals surface area contributed by atoms with Crippen LogP contribution in [-0.4, -0.2) is 32.5 Å². The quantitative estimate of drug-likeness (QED) is 0.521. The van der Waals surface area contributed by atoms with E-state index in [1.165, 1.54) is 31.0 Å². The van der Waals surface area contributed by atoms with Crippen LogP contribution in [0.4, 0.5) is 0 Å². The molecule has 4 rings (SSSR count). The average Bonchev–Trinajstić information content (AvgIpc) is 3.22.